The van der Waals surface area contributed by atoms with Gasteiger partial charge in [-0.05, 0) is 37.5 Å². The predicted molar refractivity (Wildman–Crippen MR) is 103 cm³/mol. The van der Waals surface area contributed by atoms with E-state index in [4.69, 9.17) is 9.47 Å². The third-order valence-corrected chi connectivity index (χ3v) is 3.59. The standard InChI is InChI=1S/C19H29N3O6/c1-5-27-19(25)20-10-8-17(23)21-22-18(24)14-6-7-15(16(12-14)26-4)28-11-9-13(2)3/h6-7,12-13H,5,8-11H2,1-4H3,(H,20,25)(H,21,23)(H,22,24). The van der Waals surface area contributed by atoms with Crippen molar-refractivity contribution in [1.29, 1.82) is 0 Å². The normalized spacial score (nSPS) is 10.2. The monoisotopic (exact) mass is 395 g/mol. The van der Waals surface area contributed by atoms with Crippen molar-refractivity contribution in [3.63, 3.8) is 0 Å². The second-order valence-corrected chi connectivity index (χ2v) is 6.30. The SMILES string of the molecule is CCOC(=O)NCCC(=O)NNC(=O)c1ccc(OCCC(C)C)c(OC)c1. The quantitative estimate of drug-likeness (QED) is 0.522. The van der Waals surface area contributed by atoms with Gasteiger partial charge in [0.05, 0.1) is 20.3 Å². The number of carbonyl (C=O) groups excluding carboxylic acids is 3. The molecule has 0 radical (unpaired) electrons. The van der Waals surface area contributed by atoms with Crippen LogP contribution in [-0.4, -0.2) is 44.8 Å². The highest BCUT2D eigenvalue weighted by atomic mass is 16.5. The van der Waals surface area contributed by atoms with Crippen LogP contribution in [0.1, 0.15) is 44.0 Å². The van der Waals surface area contributed by atoms with Gasteiger partial charge in [0.25, 0.3) is 5.91 Å². The van der Waals surface area contributed by atoms with Crippen LogP contribution in [0.25, 0.3) is 0 Å². The predicted octanol–water partition coefficient (Wildman–Crippen LogP) is 2.02. The molecular weight excluding hydrogens is 366 g/mol. The summed E-state index contributed by atoms with van der Waals surface area (Å²) in [5.41, 5.74) is 4.90. The third kappa shape index (κ3) is 8.61. The van der Waals surface area contributed by atoms with Crippen molar-refractivity contribution in [2.75, 3.05) is 26.9 Å². The van der Waals surface area contributed by atoms with Gasteiger partial charge < -0.3 is 19.5 Å². The Bertz CT molecular complexity index is 663. The Morgan fingerprint density at radius 1 is 1.11 bits per heavy atom. The molecule has 0 fully saturated rings. The number of nitrogens with one attached hydrogen (secondary N) is 3. The van der Waals surface area contributed by atoms with Gasteiger partial charge in [0.2, 0.25) is 5.91 Å². The molecule has 28 heavy (non-hydrogen) atoms. The van der Waals surface area contributed by atoms with Gasteiger partial charge in [0.15, 0.2) is 11.5 Å². The second-order valence-electron chi connectivity index (χ2n) is 6.30. The Labute approximate surface area is 165 Å². The minimum atomic E-state index is -0.595. The van der Waals surface area contributed by atoms with E-state index in [1.807, 2.05) is 0 Å². The molecule has 0 saturated heterocycles. The summed E-state index contributed by atoms with van der Waals surface area (Å²) in [5, 5.41) is 2.41. The summed E-state index contributed by atoms with van der Waals surface area (Å²) >= 11 is 0. The Balaban J connectivity index is 2.48. The van der Waals surface area contributed by atoms with E-state index in [0.717, 1.165) is 6.42 Å². The van der Waals surface area contributed by atoms with Crippen LogP contribution in [0.2, 0.25) is 0 Å². The summed E-state index contributed by atoms with van der Waals surface area (Å²) in [4.78, 5) is 35.0. The van der Waals surface area contributed by atoms with Crippen LogP contribution < -0.4 is 25.6 Å². The zero-order chi connectivity index (χ0) is 20.9. The molecule has 156 valence electrons. The Morgan fingerprint density at radius 2 is 1.86 bits per heavy atom. The average Bonchev–Trinajstić information content (AvgIpc) is 2.66. The van der Waals surface area contributed by atoms with E-state index in [2.05, 4.69) is 34.8 Å². The molecule has 0 atom stereocenters. The molecule has 0 aromatic heterocycles. The van der Waals surface area contributed by atoms with E-state index >= 15 is 0 Å². The number of benzene rings is 1. The van der Waals surface area contributed by atoms with E-state index in [9.17, 15) is 14.4 Å². The van der Waals surface area contributed by atoms with Crippen molar-refractivity contribution >= 4 is 17.9 Å². The minimum absolute atomic E-state index is 0.00888. The lowest BCUT2D eigenvalue weighted by molar-refractivity contribution is -0.121. The van der Waals surface area contributed by atoms with Gasteiger partial charge in [-0.15, -0.1) is 0 Å². The molecule has 1 rings (SSSR count). The van der Waals surface area contributed by atoms with Crippen LogP contribution in [-0.2, 0) is 9.53 Å². The molecule has 0 heterocycles. The lowest BCUT2D eigenvalue weighted by Gasteiger charge is -2.13. The lowest BCUT2D eigenvalue weighted by atomic mass is 10.1. The molecule has 0 spiro atoms. The van der Waals surface area contributed by atoms with Gasteiger partial charge in [-0.2, -0.15) is 0 Å². The van der Waals surface area contributed by atoms with E-state index in [1.54, 1.807) is 19.1 Å². The van der Waals surface area contributed by atoms with Crippen molar-refractivity contribution in [3.05, 3.63) is 23.8 Å². The topological polar surface area (TPSA) is 115 Å². The van der Waals surface area contributed by atoms with Crippen LogP contribution in [0.15, 0.2) is 18.2 Å². The van der Waals surface area contributed by atoms with Gasteiger partial charge in [-0.25, -0.2) is 4.79 Å². The van der Waals surface area contributed by atoms with Gasteiger partial charge >= 0.3 is 6.09 Å². The summed E-state index contributed by atoms with van der Waals surface area (Å²) in [6.45, 7) is 6.79. The second kappa shape index (κ2) is 12.4. The van der Waals surface area contributed by atoms with Crippen LogP contribution in [0.4, 0.5) is 4.79 Å². The number of methoxy groups -OCH3 is 1. The van der Waals surface area contributed by atoms with Gasteiger partial charge in [-0.3, -0.25) is 20.4 Å². The summed E-state index contributed by atoms with van der Waals surface area (Å²) < 4.78 is 15.6. The molecule has 0 aliphatic carbocycles. The highest BCUT2D eigenvalue weighted by molar-refractivity contribution is 5.96. The first kappa shape index (κ1) is 23.1. The van der Waals surface area contributed by atoms with Crippen molar-refractivity contribution in [1.82, 2.24) is 16.2 Å². The number of alkyl carbamates (subject to hydrolysis) is 1. The van der Waals surface area contributed by atoms with E-state index in [-0.39, 0.29) is 19.6 Å². The van der Waals surface area contributed by atoms with Crippen molar-refractivity contribution in [3.8, 4) is 11.5 Å². The molecule has 0 saturated carbocycles. The fourth-order valence-electron chi connectivity index (χ4n) is 2.05. The van der Waals surface area contributed by atoms with E-state index < -0.39 is 17.9 Å². The van der Waals surface area contributed by atoms with Crippen molar-refractivity contribution in [2.45, 2.75) is 33.6 Å². The van der Waals surface area contributed by atoms with Gasteiger partial charge in [0, 0.05) is 18.5 Å². The fraction of sp³-hybridized carbons (Fsp3) is 0.526. The maximum Gasteiger partial charge on any atom is 0.407 e. The first-order chi connectivity index (χ1) is 13.4. The summed E-state index contributed by atoms with van der Waals surface area (Å²) in [6, 6.07) is 4.77. The lowest BCUT2D eigenvalue weighted by Crippen LogP contribution is -2.42. The molecule has 0 aliphatic heterocycles. The summed E-state index contributed by atoms with van der Waals surface area (Å²) in [5.74, 6) is 0.548. The number of rotatable bonds is 10. The molecule has 0 bridgehead atoms. The smallest absolute Gasteiger partial charge is 0.407 e. The van der Waals surface area contributed by atoms with Gasteiger partial charge in [0.1, 0.15) is 0 Å². The average molecular weight is 395 g/mol. The molecule has 1 aromatic rings. The Hall–Kier alpha value is -2.97. The molecule has 1 aromatic carbocycles. The maximum absolute atomic E-state index is 12.2. The van der Waals surface area contributed by atoms with Crippen LogP contribution in [0, 0.1) is 5.92 Å². The largest absolute Gasteiger partial charge is 0.493 e. The van der Waals surface area contributed by atoms with Crippen molar-refractivity contribution in [2.24, 2.45) is 5.92 Å². The molecular formula is C19H29N3O6. The number of hydrazine groups is 1. The zero-order valence-electron chi connectivity index (χ0n) is 16.8. The summed E-state index contributed by atoms with van der Waals surface area (Å²) in [6.07, 6.45) is 0.301. The molecule has 3 amide bonds. The Morgan fingerprint density at radius 3 is 2.50 bits per heavy atom. The fourth-order valence-corrected chi connectivity index (χ4v) is 2.05. The summed E-state index contributed by atoms with van der Waals surface area (Å²) in [7, 11) is 1.49. The molecule has 0 aliphatic rings. The van der Waals surface area contributed by atoms with Gasteiger partial charge in [-0.1, -0.05) is 13.8 Å². The number of hydrogen-bond donors (Lipinski definition) is 3. The first-order valence-corrected chi connectivity index (χ1v) is 9.18. The number of amides is 3. The first-order valence-electron chi connectivity index (χ1n) is 9.18. The van der Waals surface area contributed by atoms with Crippen LogP contribution in [0.3, 0.4) is 0 Å². The molecule has 9 nitrogen and oxygen atoms in total. The minimum Gasteiger partial charge on any atom is -0.493 e. The highest BCUT2D eigenvalue weighted by Crippen LogP contribution is 2.28. The molecule has 9 heteroatoms. The van der Waals surface area contributed by atoms with Crippen LogP contribution >= 0.6 is 0 Å². The number of ether oxygens (including phenoxy) is 3. The number of hydrogen-bond acceptors (Lipinski definition) is 6. The van der Waals surface area contributed by atoms with Crippen molar-refractivity contribution < 1.29 is 28.6 Å². The Kier molecular flexibility index (Phi) is 10.2. The maximum atomic E-state index is 12.2. The third-order valence-electron chi connectivity index (χ3n) is 3.59. The van der Waals surface area contributed by atoms with E-state index in [1.165, 1.54) is 13.2 Å². The highest BCUT2D eigenvalue weighted by Gasteiger charge is 2.12. The zero-order valence-corrected chi connectivity index (χ0v) is 16.8. The number of carbonyl (C=O) groups is 3. The molecule has 3 N–H and O–H groups in total. The van der Waals surface area contributed by atoms with E-state index in [0.29, 0.717) is 29.6 Å². The van der Waals surface area contributed by atoms with Crippen LogP contribution in [0.5, 0.6) is 11.5 Å². The molecule has 0 unspecified atom stereocenters.